The van der Waals surface area contributed by atoms with Crippen LogP contribution in [0.15, 0.2) is 0 Å². The minimum absolute atomic E-state index is 0.304. The van der Waals surface area contributed by atoms with Crippen molar-refractivity contribution in [2.45, 2.75) is 12.8 Å². The predicted octanol–water partition coefficient (Wildman–Crippen LogP) is 0.366. The summed E-state index contributed by atoms with van der Waals surface area (Å²) in [7, 11) is 0. The van der Waals surface area contributed by atoms with Crippen LogP contribution >= 0.6 is 0 Å². The Morgan fingerprint density at radius 3 is 2.43 bits per heavy atom. The van der Waals surface area contributed by atoms with Gasteiger partial charge in [0.05, 0.1) is 26.4 Å². The zero-order valence-electron chi connectivity index (χ0n) is 8.54. The van der Waals surface area contributed by atoms with E-state index < -0.39 is 0 Å². The molecule has 0 aromatic carbocycles. The number of terminal acetylenes is 1. The van der Waals surface area contributed by atoms with Gasteiger partial charge in [-0.15, -0.1) is 12.3 Å². The first-order valence-corrected chi connectivity index (χ1v) is 4.78. The van der Waals surface area contributed by atoms with Crippen LogP contribution in [-0.2, 0) is 14.2 Å². The van der Waals surface area contributed by atoms with E-state index in [1.807, 2.05) is 0 Å². The maximum Gasteiger partial charge on any atom is 0.146 e. The van der Waals surface area contributed by atoms with Gasteiger partial charge in [0.2, 0.25) is 0 Å². The van der Waals surface area contributed by atoms with Crippen molar-refractivity contribution in [2.24, 2.45) is 5.73 Å². The van der Waals surface area contributed by atoms with Crippen molar-refractivity contribution in [3.8, 4) is 12.3 Å². The second-order valence-corrected chi connectivity index (χ2v) is 2.64. The Morgan fingerprint density at radius 2 is 1.71 bits per heavy atom. The smallest absolute Gasteiger partial charge is 0.146 e. The van der Waals surface area contributed by atoms with Crippen LogP contribution in [0.3, 0.4) is 0 Å². The lowest BCUT2D eigenvalue weighted by molar-refractivity contribution is -0.0690. The summed E-state index contributed by atoms with van der Waals surface area (Å²) >= 11 is 0. The first-order valence-electron chi connectivity index (χ1n) is 4.78. The molecule has 0 aliphatic carbocycles. The molecule has 2 N–H and O–H groups in total. The molecule has 14 heavy (non-hydrogen) atoms. The second-order valence-electron chi connectivity index (χ2n) is 2.64. The molecule has 0 heterocycles. The molecular weight excluding hydrogens is 182 g/mol. The highest BCUT2D eigenvalue weighted by molar-refractivity contribution is 4.82. The molecule has 0 aromatic rings. The van der Waals surface area contributed by atoms with E-state index in [0.29, 0.717) is 46.2 Å². The van der Waals surface area contributed by atoms with Gasteiger partial charge in [-0.1, -0.05) is 0 Å². The van der Waals surface area contributed by atoms with Crippen molar-refractivity contribution in [3.63, 3.8) is 0 Å². The lowest BCUT2D eigenvalue weighted by atomic mass is 10.5. The minimum atomic E-state index is 0.304. The largest absolute Gasteiger partial charge is 0.378 e. The summed E-state index contributed by atoms with van der Waals surface area (Å²) in [5, 5.41) is 0. The first-order chi connectivity index (χ1) is 6.91. The van der Waals surface area contributed by atoms with Gasteiger partial charge in [-0.3, -0.25) is 0 Å². The maximum atomic E-state index is 5.28. The van der Waals surface area contributed by atoms with Gasteiger partial charge in [0, 0.05) is 6.42 Å². The van der Waals surface area contributed by atoms with Crippen LogP contribution in [0, 0.1) is 12.3 Å². The van der Waals surface area contributed by atoms with E-state index >= 15 is 0 Å². The minimum Gasteiger partial charge on any atom is -0.378 e. The van der Waals surface area contributed by atoms with Gasteiger partial charge in [-0.2, -0.15) is 0 Å². The van der Waals surface area contributed by atoms with Crippen molar-refractivity contribution in [1.29, 1.82) is 0 Å². The van der Waals surface area contributed by atoms with Gasteiger partial charge in [0.25, 0.3) is 0 Å². The van der Waals surface area contributed by atoms with Gasteiger partial charge < -0.3 is 19.9 Å². The fraction of sp³-hybridized carbons (Fsp3) is 0.800. The van der Waals surface area contributed by atoms with Crippen LogP contribution in [0.5, 0.6) is 0 Å². The number of hydrogen-bond acceptors (Lipinski definition) is 4. The molecule has 0 unspecified atom stereocenters. The normalized spacial score (nSPS) is 10.0. The van der Waals surface area contributed by atoms with Crippen LogP contribution < -0.4 is 5.73 Å². The number of nitrogens with two attached hydrogens (primary N) is 1. The molecule has 0 saturated heterocycles. The SMILES string of the molecule is C#CCCOCCOCOCCCN. The predicted molar refractivity (Wildman–Crippen MR) is 54.7 cm³/mol. The molecule has 0 amide bonds. The van der Waals surface area contributed by atoms with Gasteiger partial charge in [0.15, 0.2) is 0 Å². The van der Waals surface area contributed by atoms with Crippen LogP contribution in [0.2, 0.25) is 0 Å². The average molecular weight is 201 g/mol. The summed E-state index contributed by atoms with van der Waals surface area (Å²) in [6.07, 6.45) is 6.55. The molecule has 0 aliphatic heterocycles. The molecule has 0 radical (unpaired) electrons. The first kappa shape index (κ1) is 13.4. The van der Waals surface area contributed by atoms with Gasteiger partial charge in [0.1, 0.15) is 6.79 Å². The summed E-state index contributed by atoms with van der Waals surface area (Å²) in [4.78, 5) is 0. The van der Waals surface area contributed by atoms with Gasteiger partial charge >= 0.3 is 0 Å². The molecule has 82 valence electrons. The molecule has 0 spiro atoms. The molecule has 0 aromatic heterocycles. The quantitative estimate of drug-likeness (QED) is 0.315. The molecule has 0 bridgehead atoms. The Labute approximate surface area is 85.7 Å². The number of ether oxygens (including phenoxy) is 3. The Hall–Kier alpha value is -0.600. The molecule has 0 rings (SSSR count). The van der Waals surface area contributed by atoms with E-state index in [1.54, 1.807) is 0 Å². The van der Waals surface area contributed by atoms with Crippen molar-refractivity contribution in [3.05, 3.63) is 0 Å². The monoisotopic (exact) mass is 201 g/mol. The topological polar surface area (TPSA) is 53.7 Å². The van der Waals surface area contributed by atoms with Crippen molar-refractivity contribution in [1.82, 2.24) is 0 Å². The average Bonchev–Trinajstić information content (AvgIpc) is 2.21. The third kappa shape index (κ3) is 11.4. The Morgan fingerprint density at radius 1 is 1.00 bits per heavy atom. The molecule has 0 fully saturated rings. The Kier molecular flexibility index (Phi) is 11.9. The molecular formula is C10H19NO3. The van der Waals surface area contributed by atoms with Crippen LogP contribution in [0.1, 0.15) is 12.8 Å². The van der Waals surface area contributed by atoms with Crippen LogP contribution in [0.4, 0.5) is 0 Å². The zero-order chi connectivity index (χ0) is 10.5. The molecule has 0 saturated carbocycles. The maximum absolute atomic E-state index is 5.28. The lowest BCUT2D eigenvalue weighted by Gasteiger charge is -2.05. The summed E-state index contributed by atoms with van der Waals surface area (Å²) in [5.41, 5.74) is 5.28. The molecule has 4 heteroatoms. The molecule has 4 nitrogen and oxygen atoms in total. The van der Waals surface area contributed by atoms with Crippen molar-refractivity contribution < 1.29 is 14.2 Å². The Balaban J connectivity index is 2.82. The van der Waals surface area contributed by atoms with Crippen LogP contribution in [0.25, 0.3) is 0 Å². The third-order valence-electron chi connectivity index (χ3n) is 1.42. The van der Waals surface area contributed by atoms with E-state index in [2.05, 4.69) is 5.92 Å². The van der Waals surface area contributed by atoms with E-state index in [9.17, 15) is 0 Å². The Bertz CT molecular complexity index is 145. The lowest BCUT2D eigenvalue weighted by Crippen LogP contribution is -2.10. The highest BCUT2D eigenvalue weighted by Crippen LogP contribution is 1.84. The highest BCUT2D eigenvalue weighted by atomic mass is 16.7. The second kappa shape index (κ2) is 12.4. The molecule has 0 aliphatic rings. The van der Waals surface area contributed by atoms with E-state index in [0.717, 1.165) is 6.42 Å². The number of hydrogen-bond donors (Lipinski definition) is 1. The fourth-order valence-electron chi connectivity index (χ4n) is 0.713. The van der Waals surface area contributed by atoms with Crippen LogP contribution in [-0.4, -0.2) is 39.8 Å². The third-order valence-corrected chi connectivity index (χ3v) is 1.42. The highest BCUT2D eigenvalue weighted by Gasteiger charge is 1.89. The summed E-state index contributed by atoms with van der Waals surface area (Å²) in [6.45, 7) is 3.28. The van der Waals surface area contributed by atoms with Crippen molar-refractivity contribution >= 4 is 0 Å². The summed E-state index contributed by atoms with van der Waals surface area (Å²) < 4.78 is 15.4. The van der Waals surface area contributed by atoms with Gasteiger partial charge in [-0.25, -0.2) is 0 Å². The fourth-order valence-corrected chi connectivity index (χ4v) is 0.713. The van der Waals surface area contributed by atoms with E-state index in [4.69, 9.17) is 26.4 Å². The molecule has 0 atom stereocenters. The summed E-state index contributed by atoms with van der Waals surface area (Å²) in [5.74, 6) is 2.49. The van der Waals surface area contributed by atoms with Crippen molar-refractivity contribution in [2.75, 3.05) is 39.8 Å². The van der Waals surface area contributed by atoms with Gasteiger partial charge in [-0.05, 0) is 13.0 Å². The van der Waals surface area contributed by atoms with E-state index in [-0.39, 0.29) is 0 Å². The van der Waals surface area contributed by atoms with E-state index in [1.165, 1.54) is 0 Å². The zero-order valence-corrected chi connectivity index (χ0v) is 8.54. The standard InChI is InChI=1S/C10H19NO3/c1-2-3-6-12-8-9-14-10-13-7-4-5-11/h1H,3-11H2. The summed E-state index contributed by atoms with van der Waals surface area (Å²) in [6, 6.07) is 0. The number of rotatable bonds is 10.